The van der Waals surface area contributed by atoms with Crippen molar-refractivity contribution in [3.8, 4) is 0 Å². The summed E-state index contributed by atoms with van der Waals surface area (Å²) in [6.45, 7) is 3.88. The third kappa shape index (κ3) is 4.55. The van der Waals surface area contributed by atoms with E-state index in [0.717, 1.165) is 39.1 Å². The Hall–Kier alpha value is -0.650. The molecule has 1 amide bonds. The first-order valence-electron chi connectivity index (χ1n) is 7.04. The Balaban J connectivity index is 1.55. The molecule has 5 nitrogen and oxygen atoms in total. The van der Waals surface area contributed by atoms with Crippen LogP contribution in [0.5, 0.6) is 0 Å². The quantitative estimate of drug-likeness (QED) is 0.724. The molecule has 0 spiro atoms. The van der Waals surface area contributed by atoms with Crippen LogP contribution in [0.4, 0.5) is 0 Å². The molecule has 1 saturated heterocycles. The molecule has 2 fully saturated rings. The molecule has 0 radical (unpaired) electrons. The fourth-order valence-electron chi connectivity index (χ4n) is 2.69. The van der Waals surface area contributed by atoms with E-state index >= 15 is 0 Å². The van der Waals surface area contributed by atoms with Gasteiger partial charge in [0.05, 0.1) is 19.3 Å². The van der Waals surface area contributed by atoms with E-state index in [2.05, 4.69) is 22.6 Å². The predicted molar refractivity (Wildman–Crippen MR) is 70.5 cm³/mol. The number of morpholine rings is 1. The standard InChI is InChI=1S/C13H25N3O2/c1-16-6-7-18-12(10-16)8-14-9-13(17)15-11-4-2-3-5-11/h11-12,14H,2-10H2,1H3,(H,15,17)/t12-/m0/s1. The molecule has 1 heterocycles. The lowest BCUT2D eigenvalue weighted by molar-refractivity contribution is -0.121. The van der Waals surface area contributed by atoms with Crippen LogP contribution < -0.4 is 10.6 Å². The van der Waals surface area contributed by atoms with Gasteiger partial charge in [-0.1, -0.05) is 12.8 Å². The predicted octanol–water partition coefficient (Wildman–Crippen LogP) is -0.0346. The molecule has 0 aromatic rings. The van der Waals surface area contributed by atoms with E-state index in [1.165, 1.54) is 12.8 Å². The van der Waals surface area contributed by atoms with E-state index in [4.69, 9.17) is 4.74 Å². The third-order valence-corrected chi connectivity index (χ3v) is 3.72. The van der Waals surface area contributed by atoms with Crippen LogP contribution in [-0.2, 0) is 9.53 Å². The van der Waals surface area contributed by atoms with E-state index in [9.17, 15) is 4.79 Å². The normalized spacial score (nSPS) is 26.4. The highest BCUT2D eigenvalue weighted by molar-refractivity contribution is 5.78. The average Bonchev–Trinajstić information content (AvgIpc) is 2.82. The molecule has 2 rings (SSSR count). The molecule has 0 aromatic carbocycles. The number of nitrogens with one attached hydrogen (secondary N) is 2. The zero-order valence-electron chi connectivity index (χ0n) is 11.3. The smallest absolute Gasteiger partial charge is 0.234 e. The summed E-state index contributed by atoms with van der Waals surface area (Å²) in [5.41, 5.74) is 0. The number of carbonyl (C=O) groups is 1. The number of amides is 1. The number of carbonyl (C=O) groups excluding carboxylic acids is 1. The Labute approximate surface area is 109 Å². The van der Waals surface area contributed by atoms with Crippen LogP contribution in [0, 0.1) is 0 Å². The Bertz CT molecular complexity index is 267. The third-order valence-electron chi connectivity index (χ3n) is 3.72. The molecule has 2 aliphatic rings. The van der Waals surface area contributed by atoms with Gasteiger partial charge in [-0.2, -0.15) is 0 Å². The summed E-state index contributed by atoms with van der Waals surface area (Å²) in [7, 11) is 2.10. The molecule has 1 saturated carbocycles. The fraction of sp³-hybridized carbons (Fsp3) is 0.923. The SMILES string of the molecule is CN1CCO[C@@H](CNCC(=O)NC2CCCC2)C1. The molecule has 0 aromatic heterocycles. The van der Waals surface area contributed by atoms with Crippen molar-refractivity contribution in [3.05, 3.63) is 0 Å². The molecule has 2 N–H and O–H groups in total. The van der Waals surface area contributed by atoms with Crippen molar-refractivity contribution in [2.45, 2.75) is 37.8 Å². The van der Waals surface area contributed by atoms with Crippen molar-refractivity contribution in [1.82, 2.24) is 15.5 Å². The first-order valence-corrected chi connectivity index (χ1v) is 7.04. The molecule has 18 heavy (non-hydrogen) atoms. The molecule has 1 aliphatic heterocycles. The summed E-state index contributed by atoms with van der Waals surface area (Å²) in [6, 6.07) is 0.413. The van der Waals surface area contributed by atoms with E-state index in [1.807, 2.05) is 0 Å². The minimum Gasteiger partial charge on any atom is -0.374 e. The lowest BCUT2D eigenvalue weighted by Gasteiger charge is -2.30. The number of rotatable bonds is 5. The molecular formula is C13H25N3O2. The maximum absolute atomic E-state index is 11.7. The number of nitrogens with zero attached hydrogens (tertiary/aromatic N) is 1. The minimum atomic E-state index is 0.117. The van der Waals surface area contributed by atoms with Gasteiger partial charge < -0.3 is 20.3 Å². The molecule has 0 unspecified atom stereocenters. The zero-order chi connectivity index (χ0) is 12.8. The Kier molecular flexibility index (Phi) is 5.41. The van der Waals surface area contributed by atoms with Crippen LogP contribution in [0.1, 0.15) is 25.7 Å². The van der Waals surface area contributed by atoms with Gasteiger partial charge in [-0.15, -0.1) is 0 Å². The Morgan fingerprint density at radius 3 is 2.89 bits per heavy atom. The second kappa shape index (κ2) is 7.07. The molecule has 1 aliphatic carbocycles. The first-order chi connectivity index (χ1) is 8.74. The van der Waals surface area contributed by atoms with E-state index < -0.39 is 0 Å². The summed E-state index contributed by atoms with van der Waals surface area (Å²) in [5.74, 6) is 0.117. The second-order valence-electron chi connectivity index (χ2n) is 5.43. The van der Waals surface area contributed by atoms with Crippen molar-refractivity contribution < 1.29 is 9.53 Å². The lowest BCUT2D eigenvalue weighted by atomic mass is 10.2. The van der Waals surface area contributed by atoms with Gasteiger partial charge in [-0.05, 0) is 19.9 Å². The summed E-state index contributed by atoms with van der Waals surface area (Å²) in [4.78, 5) is 13.9. The first kappa shape index (κ1) is 13.8. The monoisotopic (exact) mass is 255 g/mol. The van der Waals surface area contributed by atoms with Crippen molar-refractivity contribution in [3.63, 3.8) is 0 Å². The molecule has 104 valence electrons. The topological polar surface area (TPSA) is 53.6 Å². The van der Waals surface area contributed by atoms with Gasteiger partial charge in [0.25, 0.3) is 0 Å². The second-order valence-corrected chi connectivity index (χ2v) is 5.43. The highest BCUT2D eigenvalue weighted by Gasteiger charge is 2.19. The van der Waals surface area contributed by atoms with Crippen molar-refractivity contribution in [1.29, 1.82) is 0 Å². The molecule has 5 heteroatoms. The van der Waals surface area contributed by atoms with E-state index in [0.29, 0.717) is 12.6 Å². The van der Waals surface area contributed by atoms with Crippen molar-refractivity contribution >= 4 is 5.91 Å². The van der Waals surface area contributed by atoms with Crippen molar-refractivity contribution in [2.24, 2.45) is 0 Å². The number of hydrogen-bond acceptors (Lipinski definition) is 4. The Morgan fingerprint density at radius 2 is 2.17 bits per heavy atom. The van der Waals surface area contributed by atoms with Crippen LogP contribution in [0.25, 0.3) is 0 Å². The highest BCUT2D eigenvalue weighted by atomic mass is 16.5. The summed E-state index contributed by atoms with van der Waals surface area (Å²) in [6.07, 6.45) is 4.99. The molecule has 0 bridgehead atoms. The Morgan fingerprint density at radius 1 is 1.39 bits per heavy atom. The number of likely N-dealkylation sites (N-methyl/N-ethyl adjacent to an activating group) is 1. The van der Waals surface area contributed by atoms with Crippen molar-refractivity contribution in [2.75, 3.05) is 39.8 Å². The maximum Gasteiger partial charge on any atom is 0.234 e. The van der Waals surface area contributed by atoms with Crippen LogP contribution in [0.15, 0.2) is 0 Å². The minimum absolute atomic E-state index is 0.117. The van der Waals surface area contributed by atoms with Crippen LogP contribution in [0.3, 0.4) is 0 Å². The number of hydrogen-bond donors (Lipinski definition) is 2. The molecule has 1 atom stereocenters. The van der Waals surface area contributed by atoms with Crippen LogP contribution in [-0.4, -0.2) is 62.8 Å². The number of ether oxygens (including phenoxy) is 1. The lowest BCUT2D eigenvalue weighted by Crippen LogP contribution is -2.47. The van der Waals surface area contributed by atoms with Gasteiger partial charge in [0.1, 0.15) is 0 Å². The van der Waals surface area contributed by atoms with E-state index in [1.54, 1.807) is 0 Å². The maximum atomic E-state index is 11.7. The summed E-state index contributed by atoms with van der Waals surface area (Å²) < 4.78 is 5.63. The van der Waals surface area contributed by atoms with Gasteiger partial charge in [-0.3, -0.25) is 4.79 Å². The molecular weight excluding hydrogens is 230 g/mol. The van der Waals surface area contributed by atoms with Crippen LogP contribution in [0.2, 0.25) is 0 Å². The van der Waals surface area contributed by atoms with Gasteiger partial charge in [0, 0.05) is 25.7 Å². The van der Waals surface area contributed by atoms with Gasteiger partial charge in [-0.25, -0.2) is 0 Å². The summed E-state index contributed by atoms with van der Waals surface area (Å²) in [5, 5.41) is 6.26. The van der Waals surface area contributed by atoms with E-state index in [-0.39, 0.29) is 12.0 Å². The van der Waals surface area contributed by atoms with Gasteiger partial charge >= 0.3 is 0 Å². The van der Waals surface area contributed by atoms with Gasteiger partial charge in [0.2, 0.25) is 5.91 Å². The fourth-order valence-corrected chi connectivity index (χ4v) is 2.69. The van der Waals surface area contributed by atoms with Crippen LogP contribution >= 0.6 is 0 Å². The average molecular weight is 255 g/mol. The summed E-state index contributed by atoms with van der Waals surface area (Å²) >= 11 is 0. The van der Waals surface area contributed by atoms with Gasteiger partial charge in [0.15, 0.2) is 0 Å². The zero-order valence-corrected chi connectivity index (χ0v) is 11.3. The highest BCUT2D eigenvalue weighted by Crippen LogP contribution is 2.17. The largest absolute Gasteiger partial charge is 0.374 e.